The molecule has 3 aromatic heterocycles. The molecule has 0 aromatic carbocycles. The lowest BCUT2D eigenvalue weighted by Gasteiger charge is -2.28. The van der Waals surface area contributed by atoms with Crippen molar-refractivity contribution in [2.45, 2.75) is 69.1 Å². The number of carbonyl (C=O) groups excluding carboxylic acids is 1. The first-order valence-corrected chi connectivity index (χ1v) is 17.1. The van der Waals surface area contributed by atoms with Crippen LogP contribution < -0.4 is 14.8 Å². The van der Waals surface area contributed by atoms with Gasteiger partial charge in [-0.2, -0.15) is 21.6 Å². The van der Waals surface area contributed by atoms with Crippen molar-refractivity contribution in [1.82, 2.24) is 29.4 Å². The van der Waals surface area contributed by atoms with Gasteiger partial charge in [0.25, 0.3) is 15.9 Å². The summed E-state index contributed by atoms with van der Waals surface area (Å²) in [4.78, 5) is 34.1. The lowest BCUT2D eigenvalue weighted by atomic mass is 9.94. The Labute approximate surface area is 279 Å². The van der Waals surface area contributed by atoms with Gasteiger partial charge in [-0.25, -0.2) is 24.2 Å². The SMILES string of the molecule is CC1(C)CC(CCNc2cccc(S(=O)(=O)NC(=O)c3ccc(-n4ccc(OCCCC5(C(F)(F)F)CC5)n4)nc3Cl)n2)CN1C(=O)O. The summed E-state index contributed by atoms with van der Waals surface area (Å²) in [6, 6.07) is 8.42. The smallest absolute Gasteiger partial charge is 0.407 e. The third kappa shape index (κ3) is 7.94. The van der Waals surface area contributed by atoms with Gasteiger partial charge in [0.2, 0.25) is 5.88 Å². The van der Waals surface area contributed by atoms with Gasteiger partial charge in [0.1, 0.15) is 11.0 Å². The van der Waals surface area contributed by atoms with Gasteiger partial charge in [0, 0.05) is 30.9 Å². The summed E-state index contributed by atoms with van der Waals surface area (Å²) in [6.45, 7) is 4.64. The van der Waals surface area contributed by atoms with Crippen molar-refractivity contribution in [3.05, 3.63) is 53.3 Å². The van der Waals surface area contributed by atoms with Crippen LogP contribution in [0.1, 0.15) is 62.7 Å². The number of rotatable bonds is 13. The molecule has 2 aliphatic rings. The maximum absolute atomic E-state index is 13.1. The molecule has 2 amide bonds. The Morgan fingerprint density at radius 2 is 1.90 bits per heavy atom. The van der Waals surface area contributed by atoms with Gasteiger partial charge in [-0.3, -0.25) is 4.79 Å². The van der Waals surface area contributed by atoms with Gasteiger partial charge in [0.15, 0.2) is 10.8 Å². The maximum atomic E-state index is 13.1. The van der Waals surface area contributed by atoms with E-state index in [4.69, 9.17) is 16.3 Å². The number of anilines is 1. The molecule has 1 aliphatic carbocycles. The fourth-order valence-electron chi connectivity index (χ4n) is 5.86. The van der Waals surface area contributed by atoms with E-state index in [-0.39, 0.29) is 66.4 Å². The first-order chi connectivity index (χ1) is 22.5. The fraction of sp³-hybridized carbons (Fsp3) is 0.500. The van der Waals surface area contributed by atoms with Gasteiger partial charge < -0.3 is 20.1 Å². The average molecular weight is 714 g/mol. The molecule has 0 bridgehead atoms. The number of hydrogen-bond donors (Lipinski definition) is 3. The molecule has 2 fully saturated rings. The first kappa shape index (κ1) is 35.2. The second kappa shape index (κ2) is 13.4. The molecule has 1 saturated heterocycles. The fourth-order valence-corrected chi connectivity index (χ4v) is 7.03. The number of nitrogens with zero attached hydrogens (tertiary/aromatic N) is 5. The van der Waals surface area contributed by atoms with Crippen LogP contribution in [0.5, 0.6) is 5.88 Å². The van der Waals surface area contributed by atoms with Crippen LogP contribution in [0.2, 0.25) is 5.15 Å². The standard InChI is InChI=1S/C30H35ClF3N7O6S/c1-28(2)17-19(18-40(28)27(43)44)9-14-35-21-5-3-6-24(36-21)48(45,46)39-26(42)20-7-8-22(37-25(20)31)41-15-10-23(38-41)47-16-4-11-29(12-13-29)30(32,33)34/h3,5-8,10,15,19H,4,9,11-14,16-18H2,1-2H3,(H,35,36)(H,39,42)(H,43,44). The zero-order valence-corrected chi connectivity index (χ0v) is 27.7. The number of pyridine rings is 2. The van der Waals surface area contributed by atoms with Gasteiger partial charge >= 0.3 is 12.3 Å². The van der Waals surface area contributed by atoms with E-state index in [2.05, 4.69) is 20.4 Å². The normalized spacial score (nSPS) is 18.4. The molecule has 3 aromatic rings. The quantitative estimate of drug-likeness (QED) is 0.152. The molecule has 1 saturated carbocycles. The third-order valence-electron chi connectivity index (χ3n) is 8.66. The number of aromatic nitrogens is 4. The molecule has 3 N–H and O–H groups in total. The van der Waals surface area contributed by atoms with Gasteiger partial charge in [-0.15, -0.1) is 5.10 Å². The molecule has 1 aliphatic heterocycles. The molecule has 1 unspecified atom stereocenters. The number of ether oxygens (including phenoxy) is 1. The lowest BCUT2D eigenvalue weighted by Crippen LogP contribution is -2.41. The largest absolute Gasteiger partial charge is 0.477 e. The molecule has 48 heavy (non-hydrogen) atoms. The molecule has 5 rings (SSSR count). The molecule has 0 spiro atoms. The summed E-state index contributed by atoms with van der Waals surface area (Å²) in [5, 5.41) is 15.9. The minimum absolute atomic E-state index is 0.0122. The molecule has 13 nitrogen and oxygen atoms in total. The van der Waals surface area contributed by atoms with Crippen LogP contribution in [0.15, 0.2) is 47.6 Å². The van der Waals surface area contributed by atoms with Crippen molar-refractivity contribution in [3.63, 3.8) is 0 Å². The predicted octanol–water partition coefficient (Wildman–Crippen LogP) is 5.52. The number of carbonyl (C=O) groups is 2. The number of sulfonamides is 1. The summed E-state index contributed by atoms with van der Waals surface area (Å²) in [6.07, 6.45) is -1.87. The van der Waals surface area contributed by atoms with E-state index in [0.29, 0.717) is 25.9 Å². The Balaban J connectivity index is 1.14. The summed E-state index contributed by atoms with van der Waals surface area (Å²) in [5.74, 6) is -0.308. The minimum Gasteiger partial charge on any atom is -0.477 e. The monoisotopic (exact) mass is 713 g/mol. The summed E-state index contributed by atoms with van der Waals surface area (Å²) >= 11 is 6.23. The van der Waals surface area contributed by atoms with E-state index in [0.717, 1.165) is 0 Å². The van der Waals surface area contributed by atoms with Crippen molar-refractivity contribution in [1.29, 1.82) is 0 Å². The van der Waals surface area contributed by atoms with Crippen LogP contribution in [0.25, 0.3) is 5.82 Å². The Hall–Kier alpha value is -4.12. The highest BCUT2D eigenvalue weighted by Gasteiger charge is 2.62. The minimum atomic E-state index is -4.41. The zero-order chi connectivity index (χ0) is 34.9. The van der Waals surface area contributed by atoms with E-state index < -0.39 is 44.2 Å². The van der Waals surface area contributed by atoms with Crippen molar-refractivity contribution in [2.24, 2.45) is 11.3 Å². The van der Waals surface area contributed by atoms with Crippen molar-refractivity contribution in [2.75, 3.05) is 25.0 Å². The van der Waals surface area contributed by atoms with Crippen molar-refractivity contribution >= 4 is 39.4 Å². The van der Waals surface area contributed by atoms with E-state index >= 15 is 0 Å². The Morgan fingerprint density at radius 1 is 1.15 bits per heavy atom. The van der Waals surface area contributed by atoms with Crippen LogP contribution in [0.3, 0.4) is 0 Å². The van der Waals surface area contributed by atoms with E-state index in [1.165, 1.54) is 46.1 Å². The van der Waals surface area contributed by atoms with Gasteiger partial charge in [-0.1, -0.05) is 17.7 Å². The Morgan fingerprint density at radius 3 is 2.54 bits per heavy atom. The zero-order valence-electron chi connectivity index (χ0n) is 26.1. The second-order valence-electron chi connectivity index (χ2n) is 12.6. The number of halogens is 4. The van der Waals surface area contributed by atoms with Crippen molar-refractivity contribution < 1.29 is 41.0 Å². The Bertz CT molecular complexity index is 1780. The highest BCUT2D eigenvalue weighted by molar-refractivity contribution is 7.90. The maximum Gasteiger partial charge on any atom is 0.407 e. The van der Waals surface area contributed by atoms with Crippen LogP contribution >= 0.6 is 11.6 Å². The van der Waals surface area contributed by atoms with E-state index in [9.17, 15) is 36.3 Å². The first-order valence-electron chi connectivity index (χ1n) is 15.2. The third-order valence-corrected chi connectivity index (χ3v) is 10.2. The second-order valence-corrected chi connectivity index (χ2v) is 14.6. The van der Waals surface area contributed by atoms with Crippen LogP contribution in [0.4, 0.5) is 23.8 Å². The molecule has 260 valence electrons. The number of carboxylic acid groups (broad SMARTS) is 1. The van der Waals surface area contributed by atoms with Crippen molar-refractivity contribution in [3.8, 4) is 11.7 Å². The summed E-state index contributed by atoms with van der Waals surface area (Å²) < 4.78 is 74.0. The Kier molecular flexibility index (Phi) is 9.83. The van der Waals surface area contributed by atoms with Crippen LogP contribution in [-0.4, -0.2) is 81.6 Å². The molecule has 0 radical (unpaired) electrons. The predicted molar refractivity (Wildman–Crippen MR) is 168 cm³/mol. The molecule has 1 atom stereocenters. The van der Waals surface area contributed by atoms with Crippen LogP contribution in [-0.2, 0) is 10.0 Å². The molecule has 18 heteroatoms. The summed E-state index contributed by atoms with van der Waals surface area (Å²) in [5.41, 5.74) is -2.29. The summed E-state index contributed by atoms with van der Waals surface area (Å²) in [7, 11) is -4.41. The van der Waals surface area contributed by atoms with Gasteiger partial charge in [-0.05, 0) is 82.6 Å². The number of amides is 2. The average Bonchev–Trinajstić information content (AvgIpc) is 3.55. The number of nitrogens with one attached hydrogen (secondary N) is 2. The lowest BCUT2D eigenvalue weighted by molar-refractivity contribution is -0.189. The van der Waals surface area contributed by atoms with Crippen LogP contribution in [0, 0.1) is 11.3 Å². The number of alkyl halides is 3. The molecule has 4 heterocycles. The number of hydrogen-bond acceptors (Lipinski definition) is 9. The van der Waals surface area contributed by atoms with Gasteiger partial charge in [0.05, 0.1) is 17.6 Å². The molecular weight excluding hydrogens is 679 g/mol. The molecular formula is C30H35ClF3N7O6S. The highest BCUT2D eigenvalue weighted by atomic mass is 35.5. The highest BCUT2D eigenvalue weighted by Crippen LogP contribution is 2.60. The van der Waals surface area contributed by atoms with E-state index in [1.54, 1.807) is 6.07 Å². The number of likely N-dealkylation sites (tertiary alicyclic amines) is 1. The van der Waals surface area contributed by atoms with E-state index in [1.807, 2.05) is 18.6 Å². The topological polar surface area (TPSA) is 169 Å².